The highest BCUT2D eigenvalue weighted by molar-refractivity contribution is 6.04. The predicted octanol–water partition coefficient (Wildman–Crippen LogP) is 8.58. The smallest absolute Gasteiger partial charge is 0.178 e. The molecule has 2 aromatic rings. The van der Waals surface area contributed by atoms with E-state index in [4.69, 9.17) is 0 Å². The second-order valence-electron chi connectivity index (χ2n) is 14.0. The number of carbonyl (C=O) groups is 1. The van der Waals surface area contributed by atoms with Gasteiger partial charge in [-0.2, -0.15) is 0 Å². The maximum Gasteiger partial charge on any atom is 0.178 e. The van der Waals surface area contributed by atoms with E-state index < -0.39 is 0 Å². The van der Waals surface area contributed by atoms with Crippen molar-refractivity contribution in [2.45, 2.75) is 105 Å². The summed E-state index contributed by atoms with van der Waals surface area (Å²) in [7, 11) is 0. The summed E-state index contributed by atoms with van der Waals surface area (Å²) in [5.41, 5.74) is 4.32. The van der Waals surface area contributed by atoms with Crippen LogP contribution in [0.1, 0.15) is 116 Å². The second-order valence-corrected chi connectivity index (χ2v) is 14.0. The molecule has 3 heteroatoms. The van der Waals surface area contributed by atoms with Gasteiger partial charge in [-0.25, -0.2) is 0 Å². The molecule has 0 bridgehead atoms. The average Bonchev–Trinajstić information content (AvgIpc) is 2.68. The zero-order valence-electron chi connectivity index (χ0n) is 24.4. The van der Waals surface area contributed by atoms with Crippen LogP contribution in [0.15, 0.2) is 36.4 Å². The number of carbonyl (C=O) groups excluding carboxylic acids is 1. The number of phenolic OH excluding ortho intramolecular Hbond substituents is 2. The number of benzene rings is 2. The molecule has 0 aliphatic heterocycles. The molecule has 0 saturated heterocycles. The monoisotopic (exact) mass is 490 g/mol. The molecule has 0 amide bonds. The van der Waals surface area contributed by atoms with Crippen molar-refractivity contribution in [1.29, 1.82) is 0 Å². The third kappa shape index (κ3) is 7.12. The van der Waals surface area contributed by atoms with Crippen LogP contribution in [-0.2, 0) is 26.5 Å². The Kier molecular flexibility index (Phi) is 8.11. The van der Waals surface area contributed by atoms with Crippen LogP contribution >= 0.6 is 0 Å². The molecular formula is C33H46O3. The van der Waals surface area contributed by atoms with Crippen LogP contribution in [0.4, 0.5) is 0 Å². The summed E-state index contributed by atoms with van der Waals surface area (Å²) in [5.74, 6) is 0.533. The predicted molar refractivity (Wildman–Crippen MR) is 154 cm³/mol. The van der Waals surface area contributed by atoms with Gasteiger partial charge in [-0.05, 0) is 69.2 Å². The first-order valence-corrected chi connectivity index (χ1v) is 12.8. The molecule has 0 aromatic heterocycles. The van der Waals surface area contributed by atoms with Crippen LogP contribution in [-0.4, -0.2) is 16.0 Å². The standard InChI is InChI=1S/C33H46O3/c1-30(2,3)24-17-21(18-25(28(24)35)31(4,5)6)13-15-23(34)16-14-22-19-26(32(7,8)9)29(36)27(20-22)33(10,11)12/h13-20,35-36H,1-12H3. The average molecular weight is 491 g/mol. The minimum Gasteiger partial charge on any atom is -0.507 e. The second kappa shape index (κ2) is 9.92. The van der Waals surface area contributed by atoms with E-state index in [9.17, 15) is 15.0 Å². The van der Waals surface area contributed by atoms with Gasteiger partial charge in [0, 0.05) is 22.3 Å². The van der Waals surface area contributed by atoms with Crippen LogP contribution in [0, 0.1) is 0 Å². The summed E-state index contributed by atoms with van der Waals surface area (Å²) in [6.45, 7) is 24.9. The molecule has 0 aliphatic rings. The van der Waals surface area contributed by atoms with Crippen molar-refractivity contribution < 1.29 is 15.0 Å². The van der Waals surface area contributed by atoms with Gasteiger partial charge in [-0.1, -0.05) is 95.2 Å². The van der Waals surface area contributed by atoms with E-state index in [1.165, 1.54) is 0 Å². The number of ketones is 1. The molecule has 0 heterocycles. The molecule has 0 radical (unpaired) electrons. The molecule has 0 saturated carbocycles. The minimum atomic E-state index is -0.230. The van der Waals surface area contributed by atoms with Crippen molar-refractivity contribution >= 4 is 17.9 Å². The highest BCUT2D eigenvalue weighted by Crippen LogP contribution is 2.41. The number of allylic oxidation sites excluding steroid dienone is 2. The highest BCUT2D eigenvalue weighted by atomic mass is 16.3. The number of aromatic hydroxyl groups is 2. The molecular weight excluding hydrogens is 444 g/mol. The summed E-state index contributed by atoms with van der Waals surface area (Å²) in [6, 6.07) is 7.85. The van der Waals surface area contributed by atoms with E-state index in [0.717, 1.165) is 33.4 Å². The summed E-state index contributed by atoms with van der Waals surface area (Å²) in [6.07, 6.45) is 6.76. The molecule has 2 aromatic carbocycles. The Balaban J connectivity index is 2.45. The zero-order valence-corrected chi connectivity index (χ0v) is 24.4. The van der Waals surface area contributed by atoms with Crippen molar-refractivity contribution in [2.24, 2.45) is 0 Å². The van der Waals surface area contributed by atoms with Crippen molar-refractivity contribution in [3.8, 4) is 11.5 Å². The van der Waals surface area contributed by atoms with Crippen molar-refractivity contribution in [2.75, 3.05) is 0 Å². The molecule has 2 rings (SSSR count). The van der Waals surface area contributed by atoms with E-state index in [1.807, 2.05) is 36.4 Å². The number of hydrogen-bond acceptors (Lipinski definition) is 3. The van der Waals surface area contributed by atoms with Crippen LogP contribution < -0.4 is 0 Å². The SMILES string of the molecule is CC(C)(C)c1cc(C=CC(=O)C=Cc2cc(C(C)(C)C)c(O)c(C(C)(C)C)c2)cc(C(C)(C)C)c1O. The van der Waals surface area contributed by atoms with E-state index in [-0.39, 0.29) is 27.4 Å². The fourth-order valence-corrected chi connectivity index (χ4v) is 4.21. The van der Waals surface area contributed by atoms with Gasteiger partial charge in [0.2, 0.25) is 0 Å². The molecule has 3 nitrogen and oxygen atoms in total. The van der Waals surface area contributed by atoms with Gasteiger partial charge in [0.25, 0.3) is 0 Å². The quantitative estimate of drug-likeness (QED) is 0.422. The number of rotatable bonds is 4. The molecule has 0 aliphatic carbocycles. The molecule has 2 N–H and O–H groups in total. The Morgan fingerprint density at radius 1 is 0.528 bits per heavy atom. The fourth-order valence-electron chi connectivity index (χ4n) is 4.21. The Morgan fingerprint density at radius 3 is 0.944 bits per heavy atom. The van der Waals surface area contributed by atoms with E-state index in [1.54, 1.807) is 12.2 Å². The topological polar surface area (TPSA) is 57.5 Å². The summed E-state index contributed by atoms with van der Waals surface area (Å²) in [4.78, 5) is 12.8. The Morgan fingerprint density at radius 2 is 0.750 bits per heavy atom. The van der Waals surface area contributed by atoms with Gasteiger partial charge >= 0.3 is 0 Å². The Hall–Kier alpha value is -2.81. The van der Waals surface area contributed by atoms with Crippen molar-refractivity contribution in [1.82, 2.24) is 0 Å². The molecule has 196 valence electrons. The third-order valence-corrected chi connectivity index (χ3v) is 6.38. The molecule has 0 spiro atoms. The normalized spacial score (nSPS) is 13.7. The fraction of sp³-hybridized carbons (Fsp3) is 0.485. The molecule has 36 heavy (non-hydrogen) atoms. The lowest BCUT2D eigenvalue weighted by Gasteiger charge is -2.27. The summed E-state index contributed by atoms with van der Waals surface area (Å²) in [5, 5.41) is 21.9. The van der Waals surface area contributed by atoms with Crippen LogP contribution in [0.2, 0.25) is 0 Å². The van der Waals surface area contributed by atoms with Crippen molar-refractivity contribution in [3.05, 3.63) is 69.8 Å². The summed E-state index contributed by atoms with van der Waals surface area (Å²) < 4.78 is 0. The summed E-state index contributed by atoms with van der Waals surface area (Å²) >= 11 is 0. The van der Waals surface area contributed by atoms with Gasteiger partial charge < -0.3 is 10.2 Å². The van der Waals surface area contributed by atoms with Gasteiger partial charge in [0.1, 0.15) is 11.5 Å². The minimum absolute atomic E-state index is 0.125. The first-order chi connectivity index (χ1) is 16.1. The number of phenols is 2. The maximum absolute atomic E-state index is 12.8. The lowest BCUT2D eigenvalue weighted by Crippen LogP contribution is -2.17. The lowest BCUT2D eigenvalue weighted by molar-refractivity contribution is -0.110. The Labute approximate surface area is 219 Å². The van der Waals surface area contributed by atoms with Gasteiger partial charge in [-0.3, -0.25) is 4.79 Å². The third-order valence-electron chi connectivity index (χ3n) is 6.38. The molecule has 0 atom stereocenters. The van der Waals surface area contributed by atoms with Gasteiger partial charge in [-0.15, -0.1) is 0 Å². The van der Waals surface area contributed by atoms with Crippen LogP contribution in [0.3, 0.4) is 0 Å². The first-order valence-electron chi connectivity index (χ1n) is 12.8. The Bertz CT molecular complexity index is 1020. The molecule has 0 fully saturated rings. The zero-order chi connectivity index (χ0) is 27.9. The van der Waals surface area contributed by atoms with Gasteiger partial charge in [0.05, 0.1) is 0 Å². The number of hydrogen-bond donors (Lipinski definition) is 2. The maximum atomic E-state index is 12.8. The van der Waals surface area contributed by atoms with Crippen LogP contribution in [0.25, 0.3) is 12.2 Å². The van der Waals surface area contributed by atoms with Gasteiger partial charge in [0.15, 0.2) is 5.78 Å². The van der Waals surface area contributed by atoms with E-state index >= 15 is 0 Å². The van der Waals surface area contributed by atoms with Crippen molar-refractivity contribution in [3.63, 3.8) is 0 Å². The lowest BCUT2D eigenvalue weighted by atomic mass is 9.78. The highest BCUT2D eigenvalue weighted by Gasteiger charge is 2.27. The van der Waals surface area contributed by atoms with Crippen LogP contribution in [0.5, 0.6) is 11.5 Å². The van der Waals surface area contributed by atoms with E-state index in [2.05, 4.69) is 83.1 Å². The van der Waals surface area contributed by atoms with E-state index in [0.29, 0.717) is 11.5 Å². The largest absolute Gasteiger partial charge is 0.507 e. The first kappa shape index (κ1) is 29.4. The molecule has 0 unspecified atom stereocenters.